The number of benzene rings is 2. The van der Waals surface area contributed by atoms with Crippen molar-refractivity contribution in [3.63, 3.8) is 0 Å². The first-order valence-electron chi connectivity index (χ1n) is 8.43. The lowest BCUT2D eigenvalue weighted by Crippen LogP contribution is -2.32. The molecule has 1 heterocycles. The molecular weight excluding hydrogens is 284 g/mol. The fraction of sp³-hybridized carbons (Fsp3) is 0.429. The molecule has 0 amide bonds. The van der Waals surface area contributed by atoms with Crippen molar-refractivity contribution in [2.45, 2.75) is 57.5 Å². The average Bonchev–Trinajstić information content (AvgIpc) is 2.91. The summed E-state index contributed by atoms with van der Waals surface area (Å²) in [6.07, 6.45) is 0.0882. The van der Waals surface area contributed by atoms with Crippen LogP contribution in [0.5, 0.6) is 0 Å². The van der Waals surface area contributed by atoms with Gasteiger partial charge in [0.05, 0.1) is 12.2 Å². The molecule has 0 saturated carbocycles. The molecule has 1 saturated heterocycles. The highest BCUT2D eigenvalue weighted by atomic mass is 16.8. The predicted molar refractivity (Wildman–Crippen MR) is 93.5 cm³/mol. The molecule has 1 aliphatic heterocycles. The summed E-state index contributed by atoms with van der Waals surface area (Å²) in [6.45, 7) is 8.48. The van der Waals surface area contributed by atoms with E-state index in [0.29, 0.717) is 0 Å². The molecule has 4 atom stereocenters. The second kappa shape index (κ2) is 6.46. The van der Waals surface area contributed by atoms with Crippen molar-refractivity contribution in [2.75, 3.05) is 0 Å². The Labute approximate surface area is 139 Å². The molecule has 0 aliphatic carbocycles. The molecule has 0 N–H and O–H groups in total. The first-order valence-corrected chi connectivity index (χ1v) is 8.43. The largest absolute Gasteiger partial charge is 0.344 e. The molecule has 0 radical (unpaired) electrons. The summed E-state index contributed by atoms with van der Waals surface area (Å²) >= 11 is 0. The van der Waals surface area contributed by atoms with Crippen molar-refractivity contribution in [1.82, 2.24) is 0 Å². The van der Waals surface area contributed by atoms with E-state index in [0.717, 1.165) is 0 Å². The molecule has 2 aromatic carbocycles. The summed E-state index contributed by atoms with van der Waals surface area (Å²) in [5.74, 6) is 0.0322. The molecule has 1 aliphatic rings. The summed E-state index contributed by atoms with van der Waals surface area (Å²) < 4.78 is 12.6. The third-order valence-electron chi connectivity index (χ3n) is 4.80. The van der Waals surface area contributed by atoms with Gasteiger partial charge in [-0.3, -0.25) is 0 Å². The lowest BCUT2D eigenvalue weighted by molar-refractivity contribution is -0.149. The van der Waals surface area contributed by atoms with Gasteiger partial charge in [0.15, 0.2) is 5.79 Å². The number of hydrogen-bond acceptors (Lipinski definition) is 2. The van der Waals surface area contributed by atoms with Gasteiger partial charge in [0.25, 0.3) is 0 Å². The van der Waals surface area contributed by atoms with Gasteiger partial charge in [0, 0.05) is 11.8 Å². The molecule has 2 nitrogen and oxygen atoms in total. The highest BCUT2D eigenvalue weighted by Gasteiger charge is 2.46. The zero-order valence-corrected chi connectivity index (χ0v) is 14.4. The van der Waals surface area contributed by atoms with Crippen LogP contribution in [0.3, 0.4) is 0 Å². The van der Waals surface area contributed by atoms with Crippen LogP contribution >= 0.6 is 0 Å². The topological polar surface area (TPSA) is 18.5 Å². The van der Waals surface area contributed by atoms with Crippen molar-refractivity contribution >= 4 is 0 Å². The Bertz CT molecular complexity index is 565. The Morgan fingerprint density at radius 3 is 1.39 bits per heavy atom. The molecule has 0 bridgehead atoms. The minimum atomic E-state index is -0.540. The van der Waals surface area contributed by atoms with E-state index in [1.807, 2.05) is 13.8 Å². The molecule has 2 aromatic rings. The van der Waals surface area contributed by atoms with E-state index in [9.17, 15) is 0 Å². The van der Waals surface area contributed by atoms with Gasteiger partial charge in [0.1, 0.15) is 0 Å². The lowest BCUT2D eigenvalue weighted by atomic mass is 9.84. The molecular formula is C21H26O2. The minimum absolute atomic E-state index is 0.0441. The number of ether oxygens (including phenoxy) is 2. The van der Waals surface area contributed by atoms with Crippen LogP contribution in [0, 0.1) is 0 Å². The average molecular weight is 310 g/mol. The summed E-state index contributed by atoms with van der Waals surface area (Å²) in [7, 11) is 0. The Morgan fingerprint density at radius 1 is 0.696 bits per heavy atom. The maximum atomic E-state index is 6.30. The standard InChI is InChI=1S/C21H26O2/c1-15(17-11-7-5-8-12-17)19-20(23-21(3,4)22-19)16(2)18-13-9-6-10-14-18/h5-16,19-20H,1-4H3/t15-,16+,19+,20-. The number of rotatable bonds is 4. The molecule has 23 heavy (non-hydrogen) atoms. The maximum Gasteiger partial charge on any atom is 0.163 e. The van der Waals surface area contributed by atoms with E-state index in [4.69, 9.17) is 9.47 Å². The molecule has 0 aromatic heterocycles. The molecule has 0 spiro atoms. The van der Waals surface area contributed by atoms with E-state index in [-0.39, 0.29) is 24.0 Å². The van der Waals surface area contributed by atoms with Crippen LogP contribution in [0.2, 0.25) is 0 Å². The highest BCUT2D eigenvalue weighted by molar-refractivity contribution is 5.24. The first kappa shape index (κ1) is 16.2. The van der Waals surface area contributed by atoms with Gasteiger partial charge in [-0.15, -0.1) is 0 Å². The predicted octanol–water partition coefficient (Wildman–Crippen LogP) is 5.11. The van der Waals surface area contributed by atoms with Gasteiger partial charge in [0.2, 0.25) is 0 Å². The molecule has 122 valence electrons. The first-order chi connectivity index (χ1) is 11.0. The lowest BCUT2D eigenvalue weighted by Gasteiger charge is -2.28. The quantitative estimate of drug-likeness (QED) is 0.781. The van der Waals surface area contributed by atoms with Gasteiger partial charge in [-0.2, -0.15) is 0 Å². The third kappa shape index (κ3) is 3.49. The maximum absolute atomic E-state index is 6.30. The Morgan fingerprint density at radius 2 is 1.04 bits per heavy atom. The van der Waals surface area contributed by atoms with E-state index in [1.54, 1.807) is 0 Å². The van der Waals surface area contributed by atoms with E-state index in [2.05, 4.69) is 74.5 Å². The molecule has 0 unspecified atom stereocenters. The molecule has 2 heteroatoms. The summed E-state index contributed by atoms with van der Waals surface area (Å²) in [5, 5.41) is 0. The minimum Gasteiger partial charge on any atom is -0.344 e. The second-order valence-corrected chi connectivity index (χ2v) is 6.96. The van der Waals surface area contributed by atoms with E-state index < -0.39 is 5.79 Å². The van der Waals surface area contributed by atoms with Gasteiger partial charge in [-0.25, -0.2) is 0 Å². The van der Waals surface area contributed by atoms with Crippen LogP contribution in [0.25, 0.3) is 0 Å². The summed E-state index contributed by atoms with van der Waals surface area (Å²) in [4.78, 5) is 0. The number of hydrogen-bond donors (Lipinski definition) is 0. The van der Waals surface area contributed by atoms with Gasteiger partial charge < -0.3 is 9.47 Å². The smallest absolute Gasteiger partial charge is 0.163 e. The molecule has 3 rings (SSSR count). The Kier molecular flexibility index (Phi) is 4.56. The SMILES string of the molecule is C[C@H](c1ccccc1)[C@@H]1OC(C)(C)O[C@@H]1[C@@H](C)c1ccccc1. The Hall–Kier alpha value is -1.64. The van der Waals surface area contributed by atoms with Gasteiger partial charge in [-0.1, -0.05) is 74.5 Å². The van der Waals surface area contributed by atoms with Crippen LogP contribution in [-0.2, 0) is 9.47 Å². The van der Waals surface area contributed by atoms with E-state index >= 15 is 0 Å². The van der Waals surface area contributed by atoms with Crippen molar-refractivity contribution in [3.8, 4) is 0 Å². The zero-order valence-electron chi connectivity index (χ0n) is 14.4. The summed E-state index contributed by atoms with van der Waals surface area (Å²) in [5.41, 5.74) is 2.59. The van der Waals surface area contributed by atoms with Crippen LogP contribution in [-0.4, -0.2) is 18.0 Å². The van der Waals surface area contributed by atoms with E-state index in [1.165, 1.54) is 11.1 Å². The van der Waals surface area contributed by atoms with Crippen molar-refractivity contribution in [3.05, 3.63) is 71.8 Å². The Balaban J connectivity index is 1.88. The van der Waals surface area contributed by atoms with Gasteiger partial charge >= 0.3 is 0 Å². The van der Waals surface area contributed by atoms with Crippen LogP contribution in [0.1, 0.15) is 50.7 Å². The van der Waals surface area contributed by atoms with Crippen molar-refractivity contribution in [1.29, 1.82) is 0 Å². The summed E-state index contributed by atoms with van der Waals surface area (Å²) in [6, 6.07) is 21.1. The fourth-order valence-corrected chi connectivity index (χ4v) is 3.48. The van der Waals surface area contributed by atoms with Crippen molar-refractivity contribution in [2.24, 2.45) is 0 Å². The normalized spacial score (nSPS) is 25.9. The van der Waals surface area contributed by atoms with Crippen molar-refractivity contribution < 1.29 is 9.47 Å². The van der Waals surface area contributed by atoms with Crippen LogP contribution in [0.4, 0.5) is 0 Å². The van der Waals surface area contributed by atoms with Crippen LogP contribution < -0.4 is 0 Å². The third-order valence-corrected chi connectivity index (χ3v) is 4.80. The zero-order chi connectivity index (χ0) is 16.4. The molecule has 1 fully saturated rings. The monoisotopic (exact) mass is 310 g/mol. The second-order valence-electron chi connectivity index (χ2n) is 6.96. The fourth-order valence-electron chi connectivity index (χ4n) is 3.48. The highest BCUT2D eigenvalue weighted by Crippen LogP contribution is 2.41. The van der Waals surface area contributed by atoms with Crippen LogP contribution in [0.15, 0.2) is 60.7 Å². The van der Waals surface area contributed by atoms with Gasteiger partial charge in [-0.05, 0) is 25.0 Å².